The molecule has 3 rings (SSSR count). The number of amides is 1. The maximum absolute atomic E-state index is 13.2. The Balaban J connectivity index is 1.44. The Morgan fingerprint density at radius 3 is 2.50 bits per heavy atom. The topological polar surface area (TPSA) is 59.6 Å². The Morgan fingerprint density at radius 2 is 1.88 bits per heavy atom. The molecule has 1 aliphatic carbocycles. The van der Waals surface area contributed by atoms with E-state index >= 15 is 0 Å². The first-order valence-corrected chi connectivity index (χ1v) is 8.34. The first-order valence-electron chi connectivity index (χ1n) is 8.34. The summed E-state index contributed by atoms with van der Waals surface area (Å²) >= 11 is 0. The second-order valence-electron chi connectivity index (χ2n) is 6.29. The minimum absolute atomic E-state index is 0.0359. The lowest BCUT2D eigenvalue weighted by Gasteiger charge is -2.31. The summed E-state index contributed by atoms with van der Waals surface area (Å²) in [6.07, 6.45) is 2.94. The molecule has 0 unspecified atom stereocenters. The highest BCUT2D eigenvalue weighted by molar-refractivity contribution is 5.82. The lowest BCUT2D eigenvalue weighted by atomic mass is 9.92. The van der Waals surface area contributed by atoms with E-state index in [-0.39, 0.29) is 29.8 Å². The van der Waals surface area contributed by atoms with E-state index in [1.165, 1.54) is 12.1 Å². The van der Waals surface area contributed by atoms with Crippen molar-refractivity contribution < 1.29 is 23.0 Å². The number of rotatable bonds is 4. The van der Waals surface area contributed by atoms with Gasteiger partial charge in [-0.25, -0.2) is 8.78 Å². The van der Waals surface area contributed by atoms with E-state index in [1.807, 2.05) is 0 Å². The van der Waals surface area contributed by atoms with Crippen molar-refractivity contribution in [1.29, 1.82) is 0 Å². The van der Waals surface area contributed by atoms with Crippen LogP contribution in [0, 0.1) is 11.6 Å². The lowest BCUT2D eigenvalue weighted by Crippen LogP contribution is -2.54. The van der Waals surface area contributed by atoms with Gasteiger partial charge in [0.25, 0.3) is 0 Å². The van der Waals surface area contributed by atoms with Gasteiger partial charge in [0, 0.05) is 30.8 Å². The Morgan fingerprint density at radius 1 is 1.17 bits per heavy atom. The smallest absolute Gasteiger partial charge is 0.239 e. The predicted octanol–water partition coefficient (Wildman–Crippen LogP) is 1.76. The molecule has 1 saturated heterocycles. The highest BCUT2D eigenvalue weighted by Crippen LogP contribution is 2.25. The van der Waals surface area contributed by atoms with Crippen molar-refractivity contribution >= 4 is 5.91 Å². The van der Waals surface area contributed by atoms with Crippen LogP contribution in [0.2, 0.25) is 0 Å². The molecule has 0 bridgehead atoms. The minimum atomic E-state index is -0.645. The van der Waals surface area contributed by atoms with Crippen LogP contribution in [0.15, 0.2) is 18.2 Å². The molecule has 1 atom stereocenters. The molecule has 1 aromatic carbocycles. The van der Waals surface area contributed by atoms with Gasteiger partial charge in [0.15, 0.2) is 0 Å². The molecule has 1 amide bonds. The summed E-state index contributed by atoms with van der Waals surface area (Å²) in [4.78, 5) is 12.1. The SMILES string of the molecule is O=C(NC1CCC(Oc2cc(F)cc(F)c2)CC1)[C@H]1COCCN1. The third kappa shape index (κ3) is 4.64. The van der Waals surface area contributed by atoms with Crippen molar-refractivity contribution in [1.82, 2.24) is 10.6 Å². The van der Waals surface area contributed by atoms with Crippen LogP contribution in [0.4, 0.5) is 8.78 Å². The fourth-order valence-corrected chi connectivity index (χ4v) is 3.15. The average molecular weight is 340 g/mol. The number of halogens is 2. The van der Waals surface area contributed by atoms with Crippen molar-refractivity contribution in [2.75, 3.05) is 19.8 Å². The molecule has 1 aliphatic heterocycles. The molecule has 7 heteroatoms. The zero-order valence-electron chi connectivity index (χ0n) is 13.4. The summed E-state index contributed by atoms with van der Waals surface area (Å²) in [5.41, 5.74) is 0. The molecule has 5 nitrogen and oxygen atoms in total. The zero-order valence-corrected chi connectivity index (χ0v) is 13.4. The average Bonchev–Trinajstić information content (AvgIpc) is 2.56. The van der Waals surface area contributed by atoms with Crippen LogP contribution < -0.4 is 15.4 Å². The van der Waals surface area contributed by atoms with E-state index in [4.69, 9.17) is 9.47 Å². The highest BCUT2D eigenvalue weighted by atomic mass is 19.1. The van der Waals surface area contributed by atoms with Gasteiger partial charge in [-0.15, -0.1) is 0 Å². The Bertz CT molecular complexity index is 551. The van der Waals surface area contributed by atoms with E-state index in [2.05, 4.69) is 10.6 Å². The van der Waals surface area contributed by atoms with E-state index in [0.717, 1.165) is 31.7 Å². The monoisotopic (exact) mass is 340 g/mol. The standard InChI is InChI=1S/C17H22F2N2O3/c18-11-7-12(19)9-15(8-11)24-14-3-1-13(2-4-14)21-17(22)16-10-23-6-5-20-16/h7-9,13-14,16,20H,1-6,10H2,(H,21,22)/t13?,14?,16-/m1/s1. The van der Waals surface area contributed by atoms with Gasteiger partial charge in [-0.2, -0.15) is 0 Å². The molecule has 0 spiro atoms. The van der Waals surface area contributed by atoms with Crippen LogP contribution in [0.25, 0.3) is 0 Å². The van der Waals surface area contributed by atoms with Gasteiger partial charge in [0.05, 0.1) is 19.3 Å². The van der Waals surface area contributed by atoms with Crippen LogP contribution >= 0.6 is 0 Å². The second kappa shape index (κ2) is 7.90. The van der Waals surface area contributed by atoms with E-state index < -0.39 is 11.6 Å². The van der Waals surface area contributed by atoms with Crippen molar-refractivity contribution in [3.63, 3.8) is 0 Å². The molecule has 24 heavy (non-hydrogen) atoms. The first kappa shape index (κ1) is 17.1. The summed E-state index contributed by atoms with van der Waals surface area (Å²) < 4.78 is 37.3. The molecular weight excluding hydrogens is 318 g/mol. The second-order valence-corrected chi connectivity index (χ2v) is 6.29. The first-order chi connectivity index (χ1) is 11.6. The molecule has 1 heterocycles. The molecule has 132 valence electrons. The lowest BCUT2D eigenvalue weighted by molar-refractivity contribution is -0.127. The van der Waals surface area contributed by atoms with Crippen LogP contribution in [0.1, 0.15) is 25.7 Å². The molecule has 2 fully saturated rings. The summed E-state index contributed by atoms with van der Waals surface area (Å²) in [5.74, 6) is -1.11. The van der Waals surface area contributed by atoms with Gasteiger partial charge in [-0.1, -0.05) is 0 Å². The number of hydrogen-bond acceptors (Lipinski definition) is 4. The van der Waals surface area contributed by atoms with E-state index in [0.29, 0.717) is 19.8 Å². The van der Waals surface area contributed by atoms with Crippen LogP contribution in [0.3, 0.4) is 0 Å². The van der Waals surface area contributed by atoms with Crippen molar-refractivity contribution in [3.8, 4) is 5.75 Å². The van der Waals surface area contributed by atoms with E-state index in [9.17, 15) is 13.6 Å². The number of hydrogen-bond donors (Lipinski definition) is 2. The van der Waals surface area contributed by atoms with Crippen molar-refractivity contribution in [3.05, 3.63) is 29.8 Å². The molecule has 1 saturated carbocycles. The minimum Gasteiger partial charge on any atom is -0.490 e. The Labute approximate surface area is 139 Å². The molecular formula is C17H22F2N2O3. The third-order valence-electron chi connectivity index (χ3n) is 4.40. The molecule has 2 aliphatic rings. The summed E-state index contributed by atoms with van der Waals surface area (Å²) in [6.45, 7) is 1.71. The maximum Gasteiger partial charge on any atom is 0.239 e. The molecule has 1 aromatic rings. The van der Waals surface area contributed by atoms with Crippen LogP contribution in [0.5, 0.6) is 5.75 Å². The predicted molar refractivity (Wildman–Crippen MR) is 83.8 cm³/mol. The van der Waals surface area contributed by atoms with Crippen LogP contribution in [-0.2, 0) is 9.53 Å². The van der Waals surface area contributed by atoms with Gasteiger partial charge in [-0.3, -0.25) is 4.79 Å². The fourth-order valence-electron chi connectivity index (χ4n) is 3.15. The number of carbonyl (C=O) groups is 1. The Kier molecular flexibility index (Phi) is 5.63. The molecule has 0 radical (unpaired) electrons. The summed E-state index contributed by atoms with van der Waals surface area (Å²) in [5, 5.41) is 6.16. The number of ether oxygens (including phenoxy) is 2. The number of carbonyl (C=O) groups excluding carboxylic acids is 1. The third-order valence-corrected chi connectivity index (χ3v) is 4.40. The van der Waals surface area contributed by atoms with Gasteiger partial charge in [0.1, 0.15) is 23.4 Å². The fraction of sp³-hybridized carbons (Fsp3) is 0.588. The molecule has 0 aromatic heterocycles. The number of nitrogens with one attached hydrogen (secondary N) is 2. The Hall–Kier alpha value is -1.73. The summed E-state index contributed by atoms with van der Waals surface area (Å²) in [6, 6.07) is 3.01. The largest absolute Gasteiger partial charge is 0.490 e. The maximum atomic E-state index is 13.2. The zero-order chi connectivity index (χ0) is 16.9. The number of benzene rings is 1. The van der Waals surface area contributed by atoms with Gasteiger partial charge < -0.3 is 20.1 Å². The van der Waals surface area contributed by atoms with E-state index in [1.54, 1.807) is 0 Å². The number of morpholine rings is 1. The quantitative estimate of drug-likeness (QED) is 0.877. The van der Waals surface area contributed by atoms with Crippen LogP contribution in [-0.4, -0.2) is 43.9 Å². The molecule has 2 N–H and O–H groups in total. The van der Waals surface area contributed by atoms with Gasteiger partial charge >= 0.3 is 0 Å². The van der Waals surface area contributed by atoms with Gasteiger partial charge in [0.2, 0.25) is 5.91 Å². The normalized spacial score (nSPS) is 27.5. The summed E-state index contributed by atoms with van der Waals surface area (Å²) in [7, 11) is 0. The van der Waals surface area contributed by atoms with Crippen molar-refractivity contribution in [2.45, 2.75) is 43.9 Å². The highest BCUT2D eigenvalue weighted by Gasteiger charge is 2.27. The van der Waals surface area contributed by atoms with Gasteiger partial charge in [-0.05, 0) is 25.7 Å². The van der Waals surface area contributed by atoms with Crippen molar-refractivity contribution in [2.24, 2.45) is 0 Å².